The Morgan fingerprint density at radius 2 is 1.81 bits per heavy atom. The topological polar surface area (TPSA) is 78.1 Å². The minimum Gasteiger partial charge on any atom is -0.357 e. The van der Waals surface area contributed by atoms with Crippen molar-refractivity contribution < 1.29 is 9.59 Å². The maximum atomic E-state index is 12.7. The monoisotopic (exact) mass is 434 g/mol. The van der Waals surface area contributed by atoms with Crippen molar-refractivity contribution in [1.82, 2.24) is 20.2 Å². The predicted molar refractivity (Wildman–Crippen MR) is 101 cm³/mol. The molecule has 0 aromatic carbocycles. The molecule has 1 aliphatic rings. The normalized spacial score (nSPS) is 15.2. The molecule has 3 heterocycles. The summed E-state index contributed by atoms with van der Waals surface area (Å²) in [5.41, 5.74) is 0.477. The number of rotatable bonds is 3. The maximum Gasteiger partial charge on any atom is 0.274 e. The average molecular weight is 436 g/mol. The highest BCUT2D eigenvalue weighted by molar-refractivity contribution is 6.52. The third-order valence-electron chi connectivity index (χ3n) is 4.15. The Labute approximate surface area is 169 Å². The highest BCUT2D eigenvalue weighted by Crippen LogP contribution is 2.36. The molecule has 2 aromatic heterocycles. The summed E-state index contributed by atoms with van der Waals surface area (Å²) in [7, 11) is 0. The van der Waals surface area contributed by atoms with E-state index < -0.39 is 0 Å². The number of hydrogen-bond donors (Lipinski definition) is 2. The third kappa shape index (κ3) is 3.93. The molecule has 0 radical (unpaired) electrons. The Kier molecular flexibility index (Phi) is 5.97. The van der Waals surface area contributed by atoms with Crippen LogP contribution < -0.4 is 5.32 Å². The van der Waals surface area contributed by atoms with Crippen LogP contribution in [-0.4, -0.2) is 45.8 Å². The van der Waals surface area contributed by atoms with Gasteiger partial charge in [0.1, 0.15) is 16.5 Å². The zero-order chi connectivity index (χ0) is 18.8. The number of likely N-dealkylation sites (tertiary alicyclic amines) is 1. The molecule has 138 valence electrons. The van der Waals surface area contributed by atoms with Crippen LogP contribution in [0.3, 0.4) is 0 Å². The summed E-state index contributed by atoms with van der Waals surface area (Å²) in [5.74, 6) is -0.537. The number of piperidine rings is 1. The van der Waals surface area contributed by atoms with Gasteiger partial charge in [-0.2, -0.15) is 0 Å². The lowest BCUT2D eigenvalue weighted by Gasteiger charge is -2.32. The van der Waals surface area contributed by atoms with Gasteiger partial charge in [0, 0.05) is 25.3 Å². The number of H-pyrrole nitrogens is 1. The van der Waals surface area contributed by atoms with Gasteiger partial charge in [-0.3, -0.25) is 9.59 Å². The molecule has 0 saturated carbocycles. The number of halogens is 4. The van der Waals surface area contributed by atoms with Crippen LogP contribution in [0.25, 0.3) is 0 Å². The van der Waals surface area contributed by atoms with E-state index in [9.17, 15) is 9.59 Å². The average Bonchev–Trinajstić information content (AvgIpc) is 3.18. The molecule has 6 nitrogen and oxygen atoms in total. The molecule has 1 saturated heterocycles. The van der Waals surface area contributed by atoms with E-state index in [0.717, 1.165) is 0 Å². The molecule has 1 fully saturated rings. The van der Waals surface area contributed by atoms with Crippen molar-refractivity contribution in [3.05, 3.63) is 49.9 Å². The van der Waals surface area contributed by atoms with Gasteiger partial charge in [0.2, 0.25) is 0 Å². The van der Waals surface area contributed by atoms with Gasteiger partial charge in [0.05, 0.1) is 15.1 Å². The second kappa shape index (κ2) is 8.05. The molecule has 2 amide bonds. The van der Waals surface area contributed by atoms with E-state index in [1.54, 1.807) is 23.2 Å². The minimum absolute atomic E-state index is 0.00443. The highest BCUT2D eigenvalue weighted by Gasteiger charge is 2.28. The quantitative estimate of drug-likeness (QED) is 0.713. The lowest BCUT2D eigenvalue weighted by Crippen LogP contribution is -2.46. The molecule has 26 heavy (non-hydrogen) atoms. The molecular weight excluding hydrogens is 422 g/mol. The summed E-state index contributed by atoms with van der Waals surface area (Å²) >= 11 is 23.9. The van der Waals surface area contributed by atoms with E-state index in [0.29, 0.717) is 31.6 Å². The lowest BCUT2D eigenvalue weighted by atomic mass is 10.0. The van der Waals surface area contributed by atoms with Crippen LogP contribution in [0.5, 0.6) is 0 Å². The molecule has 0 spiro atoms. The largest absolute Gasteiger partial charge is 0.357 e. The Morgan fingerprint density at radius 1 is 1.12 bits per heavy atom. The van der Waals surface area contributed by atoms with E-state index in [2.05, 4.69) is 15.3 Å². The standard InChI is InChI=1S/C16H14Cl4N4O2/c17-10-11(18)13(23-14(20)12(10)19)16(26)24-6-3-8(4-7-24)22-15(25)9-2-1-5-21-9/h1-2,5,8,21H,3-4,6-7H2,(H,22,25). The predicted octanol–water partition coefficient (Wildman–Crippen LogP) is 4.06. The van der Waals surface area contributed by atoms with Crippen LogP contribution in [0.2, 0.25) is 20.2 Å². The van der Waals surface area contributed by atoms with E-state index in [1.807, 2.05) is 0 Å². The number of carbonyl (C=O) groups excluding carboxylic acids is 2. The molecule has 0 bridgehead atoms. The number of pyridine rings is 1. The zero-order valence-corrected chi connectivity index (χ0v) is 16.4. The lowest BCUT2D eigenvalue weighted by molar-refractivity contribution is 0.0692. The van der Waals surface area contributed by atoms with Crippen molar-refractivity contribution in [1.29, 1.82) is 0 Å². The Bertz CT molecular complexity index is 833. The van der Waals surface area contributed by atoms with Crippen molar-refractivity contribution >= 4 is 58.2 Å². The summed E-state index contributed by atoms with van der Waals surface area (Å²) in [5, 5.41) is 2.88. The number of aromatic amines is 1. The Hall–Kier alpha value is -1.47. The van der Waals surface area contributed by atoms with Gasteiger partial charge in [-0.1, -0.05) is 46.4 Å². The molecule has 0 aliphatic carbocycles. The molecule has 2 N–H and O–H groups in total. The second-order valence-electron chi connectivity index (χ2n) is 5.82. The molecule has 2 aromatic rings. The first-order valence-corrected chi connectivity index (χ1v) is 9.33. The first kappa shape index (κ1) is 19.3. The van der Waals surface area contributed by atoms with Crippen molar-refractivity contribution in [2.24, 2.45) is 0 Å². The summed E-state index contributed by atoms with van der Waals surface area (Å²) in [6, 6.07) is 3.45. The van der Waals surface area contributed by atoms with Crippen molar-refractivity contribution in [3.8, 4) is 0 Å². The van der Waals surface area contributed by atoms with Gasteiger partial charge in [-0.05, 0) is 25.0 Å². The van der Waals surface area contributed by atoms with Crippen LogP contribution in [0.1, 0.15) is 33.8 Å². The molecule has 3 rings (SSSR count). The van der Waals surface area contributed by atoms with E-state index in [-0.39, 0.29) is 43.8 Å². The maximum absolute atomic E-state index is 12.7. The van der Waals surface area contributed by atoms with Crippen LogP contribution in [0.15, 0.2) is 18.3 Å². The number of amides is 2. The van der Waals surface area contributed by atoms with Crippen LogP contribution in [0, 0.1) is 0 Å². The van der Waals surface area contributed by atoms with Gasteiger partial charge in [-0.15, -0.1) is 0 Å². The SMILES string of the molecule is O=C(NC1CCN(C(=O)c2nc(Cl)c(Cl)c(Cl)c2Cl)CC1)c1ccc[nH]1. The van der Waals surface area contributed by atoms with Crippen LogP contribution in [0.4, 0.5) is 0 Å². The molecule has 10 heteroatoms. The second-order valence-corrected chi connectivity index (χ2v) is 7.31. The number of nitrogens with zero attached hydrogens (tertiary/aromatic N) is 2. The number of hydrogen-bond acceptors (Lipinski definition) is 3. The number of carbonyl (C=O) groups is 2. The smallest absolute Gasteiger partial charge is 0.274 e. The fourth-order valence-corrected chi connectivity index (χ4v) is 3.55. The van der Waals surface area contributed by atoms with E-state index in [4.69, 9.17) is 46.4 Å². The molecule has 1 aliphatic heterocycles. The first-order chi connectivity index (χ1) is 12.4. The van der Waals surface area contributed by atoms with Crippen molar-refractivity contribution in [2.75, 3.05) is 13.1 Å². The zero-order valence-electron chi connectivity index (χ0n) is 13.4. The van der Waals surface area contributed by atoms with Gasteiger partial charge in [-0.25, -0.2) is 4.98 Å². The Balaban J connectivity index is 1.63. The highest BCUT2D eigenvalue weighted by atomic mass is 35.5. The fourth-order valence-electron chi connectivity index (χ4n) is 2.74. The summed E-state index contributed by atoms with van der Waals surface area (Å²) in [4.78, 5) is 33.2. The Morgan fingerprint density at radius 3 is 2.42 bits per heavy atom. The minimum atomic E-state index is -0.371. The number of aromatic nitrogens is 2. The number of nitrogens with one attached hydrogen (secondary N) is 2. The van der Waals surface area contributed by atoms with Gasteiger partial charge < -0.3 is 15.2 Å². The fraction of sp³-hybridized carbons (Fsp3) is 0.312. The van der Waals surface area contributed by atoms with E-state index in [1.165, 1.54) is 0 Å². The molecule has 0 atom stereocenters. The van der Waals surface area contributed by atoms with Crippen LogP contribution >= 0.6 is 46.4 Å². The van der Waals surface area contributed by atoms with Gasteiger partial charge in [0.15, 0.2) is 0 Å². The first-order valence-electron chi connectivity index (χ1n) is 7.82. The third-order valence-corrected chi connectivity index (χ3v) is 5.82. The molecule has 0 unspecified atom stereocenters. The molecular formula is C16H14Cl4N4O2. The summed E-state index contributed by atoms with van der Waals surface area (Å²) in [6.07, 6.45) is 2.92. The van der Waals surface area contributed by atoms with Gasteiger partial charge in [0.25, 0.3) is 11.8 Å². The van der Waals surface area contributed by atoms with Crippen molar-refractivity contribution in [3.63, 3.8) is 0 Å². The summed E-state index contributed by atoms with van der Waals surface area (Å²) in [6.45, 7) is 0.898. The van der Waals surface area contributed by atoms with Crippen LogP contribution in [-0.2, 0) is 0 Å². The van der Waals surface area contributed by atoms with Gasteiger partial charge >= 0.3 is 0 Å². The van der Waals surface area contributed by atoms with E-state index >= 15 is 0 Å². The summed E-state index contributed by atoms with van der Waals surface area (Å²) < 4.78 is 0. The van der Waals surface area contributed by atoms with Crippen molar-refractivity contribution in [2.45, 2.75) is 18.9 Å².